The van der Waals surface area contributed by atoms with E-state index in [1.165, 1.54) is 10.6 Å². The lowest BCUT2D eigenvalue weighted by Crippen LogP contribution is -2.15. The first-order valence-electron chi connectivity index (χ1n) is 3.61. The summed E-state index contributed by atoms with van der Waals surface area (Å²) in [5.74, 6) is 0. The van der Waals surface area contributed by atoms with Gasteiger partial charge in [0.2, 0.25) is 0 Å². The SMILES string of the molecule is C1=CSC2=C(C=C1)NCC=C2. The van der Waals surface area contributed by atoms with Crippen molar-refractivity contribution in [3.05, 3.63) is 46.4 Å². The van der Waals surface area contributed by atoms with Crippen molar-refractivity contribution in [1.29, 1.82) is 0 Å². The Bertz CT molecular complexity index is 271. The lowest BCUT2D eigenvalue weighted by atomic mass is 10.2. The summed E-state index contributed by atoms with van der Waals surface area (Å²) >= 11 is 1.76. The van der Waals surface area contributed by atoms with Crippen molar-refractivity contribution in [3.63, 3.8) is 0 Å². The van der Waals surface area contributed by atoms with Crippen molar-refractivity contribution in [2.24, 2.45) is 0 Å². The molecule has 0 atom stereocenters. The monoisotopic (exact) mass is 163 g/mol. The zero-order valence-electron chi connectivity index (χ0n) is 6.08. The normalized spacial score (nSPS) is 21.1. The molecule has 0 fully saturated rings. The van der Waals surface area contributed by atoms with Gasteiger partial charge in [-0.2, -0.15) is 0 Å². The number of rotatable bonds is 0. The van der Waals surface area contributed by atoms with Crippen LogP contribution < -0.4 is 5.32 Å². The van der Waals surface area contributed by atoms with Crippen molar-refractivity contribution in [3.8, 4) is 0 Å². The smallest absolute Gasteiger partial charge is 0.0484 e. The largest absolute Gasteiger partial charge is 0.381 e. The highest BCUT2D eigenvalue weighted by Gasteiger charge is 2.04. The fraction of sp³-hybridized carbons (Fsp3) is 0.111. The highest BCUT2D eigenvalue weighted by molar-refractivity contribution is 8.06. The van der Waals surface area contributed by atoms with Crippen molar-refractivity contribution in [1.82, 2.24) is 5.32 Å². The summed E-state index contributed by atoms with van der Waals surface area (Å²) in [7, 11) is 0. The Morgan fingerprint density at radius 1 is 1.27 bits per heavy atom. The van der Waals surface area contributed by atoms with Gasteiger partial charge in [0.25, 0.3) is 0 Å². The number of allylic oxidation sites excluding steroid dienone is 4. The summed E-state index contributed by atoms with van der Waals surface area (Å²) in [4.78, 5) is 1.31. The minimum absolute atomic E-state index is 0.948. The molecule has 1 nitrogen and oxygen atoms in total. The molecule has 2 aliphatic rings. The van der Waals surface area contributed by atoms with E-state index in [1.807, 2.05) is 0 Å². The molecule has 0 saturated carbocycles. The molecule has 1 N–H and O–H groups in total. The first-order chi connectivity index (χ1) is 5.47. The maximum Gasteiger partial charge on any atom is 0.0484 e. The number of dihydropyridines is 1. The molecule has 0 spiro atoms. The predicted molar refractivity (Wildman–Crippen MR) is 50.0 cm³/mol. The van der Waals surface area contributed by atoms with E-state index >= 15 is 0 Å². The summed E-state index contributed by atoms with van der Waals surface area (Å²) in [5, 5.41) is 5.40. The maximum atomic E-state index is 3.31. The van der Waals surface area contributed by atoms with Crippen LogP contribution in [-0.2, 0) is 0 Å². The lowest BCUT2D eigenvalue weighted by Gasteiger charge is -2.12. The van der Waals surface area contributed by atoms with E-state index in [2.05, 4.69) is 41.1 Å². The topological polar surface area (TPSA) is 12.0 Å². The van der Waals surface area contributed by atoms with Crippen molar-refractivity contribution in [2.75, 3.05) is 6.54 Å². The summed E-state index contributed by atoms with van der Waals surface area (Å²) in [6, 6.07) is 0. The van der Waals surface area contributed by atoms with E-state index in [0.717, 1.165) is 6.54 Å². The second kappa shape index (κ2) is 3.01. The second-order valence-corrected chi connectivity index (χ2v) is 3.31. The van der Waals surface area contributed by atoms with E-state index in [1.54, 1.807) is 11.8 Å². The van der Waals surface area contributed by atoms with E-state index in [0.29, 0.717) is 0 Å². The number of thioether (sulfide) groups is 1. The van der Waals surface area contributed by atoms with Gasteiger partial charge in [-0.25, -0.2) is 0 Å². The van der Waals surface area contributed by atoms with Crippen LogP contribution in [0.25, 0.3) is 0 Å². The van der Waals surface area contributed by atoms with E-state index in [9.17, 15) is 0 Å². The third kappa shape index (κ3) is 1.40. The maximum absolute atomic E-state index is 3.31. The molecule has 2 heteroatoms. The molecular formula is C9H9NS. The fourth-order valence-electron chi connectivity index (χ4n) is 1.07. The van der Waals surface area contributed by atoms with Gasteiger partial charge in [0, 0.05) is 17.1 Å². The van der Waals surface area contributed by atoms with Gasteiger partial charge in [0.05, 0.1) is 0 Å². The molecule has 0 unspecified atom stereocenters. The minimum atomic E-state index is 0.948. The standard InChI is InChI=1S/C9H9NS/c1-2-7-11-9-5-3-6-10-8(9)4-1/h1-5,7,10H,6H2. The number of nitrogens with one attached hydrogen (secondary N) is 1. The molecule has 0 aromatic rings. The number of hydrogen-bond acceptors (Lipinski definition) is 2. The predicted octanol–water partition coefficient (Wildman–Crippen LogP) is 2.17. The van der Waals surface area contributed by atoms with Crippen LogP contribution in [0.2, 0.25) is 0 Å². The molecule has 2 heterocycles. The molecule has 0 aromatic heterocycles. The zero-order valence-corrected chi connectivity index (χ0v) is 6.90. The summed E-state index contributed by atoms with van der Waals surface area (Å²) in [6.07, 6.45) is 10.5. The van der Waals surface area contributed by atoms with Crippen molar-refractivity contribution in [2.45, 2.75) is 0 Å². The Hall–Kier alpha value is -0.890. The summed E-state index contributed by atoms with van der Waals surface area (Å²) in [6.45, 7) is 0.948. The van der Waals surface area contributed by atoms with Crippen LogP contribution in [0.4, 0.5) is 0 Å². The van der Waals surface area contributed by atoms with Gasteiger partial charge in [0.1, 0.15) is 0 Å². The molecule has 2 rings (SSSR count). The molecule has 0 radical (unpaired) electrons. The fourth-order valence-corrected chi connectivity index (χ4v) is 1.82. The van der Waals surface area contributed by atoms with Crippen LogP contribution in [0.5, 0.6) is 0 Å². The third-order valence-corrected chi connectivity index (χ3v) is 2.50. The van der Waals surface area contributed by atoms with Crippen LogP contribution in [0, 0.1) is 0 Å². The molecule has 0 saturated heterocycles. The molecule has 11 heavy (non-hydrogen) atoms. The average Bonchev–Trinajstić information content (AvgIpc) is 2.28. The molecule has 0 aromatic carbocycles. The summed E-state index contributed by atoms with van der Waals surface area (Å²) < 4.78 is 0. The van der Waals surface area contributed by atoms with Crippen LogP contribution in [0.15, 0.2) is 46.4 Å². The zero-order chi connectivity index (χ0) is 7.52. The Morgan fingerprint density at radius 3 is 3.27 bits per heavy atom. The van der Waals surface area contributed by atoms with Gasteiger partial charge < -0.3 is 5.32 Å². The van der Waals surface area contributed by atoms with Gasteiger partial charge in [-0.3, -0.25) is 0 Å². The Kier molecular flexibility index (Phi) is 1.86. The first-order valence-corrected chi connectivity index (χ1v) is 4.49. The van der Waals surface area contributed by atoms with Gasteiger partial charge in [-0.15, -0.1) is 0 Å². The molecule has 0 aliphatic carbocycles. The van der Waals surface area contributed by atoms with E-state index < -0.39 is 0 Å². The molecule has 2 aliphatic heterocycles. The van der Waals surface area contributed by atoms with Gasteiger partial charge in [-0.05, 0) is 17.6 Å². The molecule has 0 amide bonds. The quantitative estimate of drug-likeness (QED) is 0.587. The van der Waals surface area contributed by atoms with E-state index in [4.69, 9.17) is 0 Å². The van der Waals surface area contributed by atoms with Crippen LogP contribution in [-0.4, -0.2) is 6.54 Å². The molecule has 56 valence electrons. The minimum Gasteiger partial charge on any atom is -0.381 e. The highest BCUT2D eigenvalue weighted by Crippen LogP contribution is 2.25. The van der Waals surface area contributed by atoms with Crippen LogP contribution in [0.1, 0.15) is 0 Å². The Morgan fingerprint density at radius 2 is 2.27 bits per heavy atom. The Balaban J connectivity index is 2.34. The summed E-state index contributed by atoms with van der Waals surface area (Å²) in [5.41, 5.74) is 1.24. The first kappa shape index (κ1) is 6.80. The molecular weight excluding hydrogens is 154 g/mol. The number of hydrogen-bond donors (Lipinski definition) is 1. The third-order valence-electron chi connectivity index (χ3n) is 1.59. The van der Waals surface area contributed by atoms with Crippen molar-refractivity contribution < 1.29 is 0 Å². The lowest BCUT2D eigenvalue weighted by molar-refractivity contribution is 0.918. The highest BCUT2D eigenvalue weighted by atomic mass is 32.2. The van der Waals surface area contributed by atoms with Gasteiger partial charge in [-0.1, -0.05) is 30.0 Å². The molecule has 0 bridgehead atoms. The van der Waals surface area contributed by atoms with Crippen molar-refractivity contribution >= 4 is 11.8 Å². The van der Waals surface area contributed by atoms with Gasteiger partial charge >= 0.3 is 0 Å². The van der Waals surface area contributed by atoms with Gasteiger partial charge in [0.15, 0.2) is 0 Å². The van der Waals surface area contributed by atoms with Crippen LogP contribution in [0.3, 0.4) is 0 Å². The second-order valence-electron chi connectivity index (χ2n) is 2.37. The average molecular weight is 163 g/mol. The van der Waals surface area contributed by atoms with Crippen LogP contribution >= 0.6 is 11.8 Å². The van der Waals surface area contributed by atoms with E-state index in [-0.39, 0.29) is 0 Å². The Labute approximate surface area is 70.6 Å².